The molecule has 0 fully saturated rings. The Labute approximate surface area is 170 Å². The zero-order valence-electron chi connectivity index (χ0n) is 17.1. The number of hydrogen-bond donors (Lipinski definition) is 0. The van der Waals surface area contributed by atoms with Gasteiger partial charge in [-0.1, -0.05) is 12.1 Å². The van der Waals surface area contributed by atoms with Crippen LogP contribution in [0.15, 0.2) is 63.8 Å². The first-order valence-corrected chi connectivity index (χ1v) is 10.2. The van der Waals surface area contributed by atoms with Crippen LogP contribution in [0, 0.1) is 0 Å². The van der Waals surface area contributed by atoms with Crippen LogP contribution in [-0.2, 0) is 0 Å². The lowest BCUT2D eigenvalue weighted by molar-refractivity contribution is 0.275. The van der Waals surface area contributed by atoms with Crippen LogP contribution in [0.25, 0.3) is 17.0 Å². The molecule has 0 bridgehead atoms. The minimum Gasteiger partial charge on any atom is -0.465 e. The number of para-hydroxylation sites is 2. The van der Waals surface area contributed by atoms with E-state index >= 15 is 0 Å². The van der Waals surface area contributed by atoms with E-state index in [-0.39, 0.29) is 11.9 Å². The van der Waals surface area contributed by atoms with Gasteiger partial charge in [-0.15, -0.1) is 0 Å². The summed E-state index contributed by atoms with van der Waals surface area (Å²) in [5, 5.41) is 0.906. The highest BCUT2D eigenvalue weighted by atomic mass is 16.5. The maximum absolute atomic E-state index is 12.5. The number of likely N-dealkylation sites (N-methyl/N-ethyl adjacent to an activating group) is 1. The van der Waals surface area contributed by atoms with Crippen LogP contribution in [-0.4, -0.2) is 25.9 Å². The quantitative estimate of drug-likeness (QED) is 0.561. The molecule has 0 saturated carbocycles. The van der Waals surface area contributed by atoms with E-state index in [4.69, 9.17) is 9.15 Å². The Balaban J connectivity index is 1.62. The van der Waals surface area contributed by atoms with Gasteiger partial charge in [0.2, 0.25) is 0 Å². The third kappa shape index (κ3) is 3.60. The van der Waals surface area contributed by atoms with E-state index in [0.29, 0.717) is 11.1 Å². The Bertz CT molecular complexity index is 1100. The summed E-state index contributed by atoms with van der Waals surface area (Å²) in [6.07, 6.45) is 3.46. The second-order valence-corrected chi connectivity index (χ2v) is 7.00. The van der Waals surface area contributed by atoms with Gasteiger partial charge in [0.05, 0.1) is 11.3 Å². The van der Waals surface area contributed by atoms with Gasteiger partial charge in [-0.25, -0.2) is 4.79 Å². The van der Waals surface area contributed by atoms with Gasteiger partial charge in [0.1, 0.15) is 11.3 Å². The van der Waals surface area contributed by atoms with E-state index in [1.165, 1.54) is 0 Å². The van der Waals surface area contributed by atoms with Crippen molar-refractivity contribution >= 4 is 28.4 Å². The Morgan fingerprint density at radius 1 is 1.07 bits per heavy atom. The van der Waals surface area contributed by atoms with Gasteiger partial charge in [-0.3, -0.25) is 0 Å². The van der Waals surface area contributed by atoms with E-state index in [1.807, 2.05) is 48.5 Å². The molecule has 0 spiro atoms. The molecule has 29 heavy (non-hydrogen) atoms. The number of hydrogen-bond acceptors (Lipinski definition) is 5. The lowest BCUT2D eigenvalue weighted by Crippen LogP contribution is -2.32. The highest BCUT2D eigenvalue weighted by molar-refractivity contribution is 5.82. The van der Waals surface area contributed by atoms with Crippen molar-refractivity contribution in [2.45, 2.75) is 27.0 Å². The minimum absolute atomic E-state index is 0.238. The van der Waals surface area contributed by atoms with Crippen molar-refractivity contribution in [1.29, 1.82) is 0 Å². The summed E-state index contributed by atoms with van der Waals surface area (Å²) in [6.45, 7) is 8.94. The molecule has 3 aromatic rings. The van der Waals surface area contributed by atoms with E-state index < -0.39 is 0 Å². The van der Waals surface area contributed by atoms with Gasteiger partial charge in [-0.2, -0.15) is 0 Å². The summed E-state index contributed by atoms with van der Waals surface area (Å²) in [6, 6.07) is 15.9. The maximum atomic E-state index is 12.5. The van der Waals surface area contributed by atoms with Crippen LogP contribution >= 0.6 is 0 Å². The average molecular weight is 390 g/mol. The summed E-state index contributed by atoms with van der Waals surface area (Å²) >= 11 is 0. The largest absolute Gasteiger partial charge is 0.465 e. The third-order valence-corrected chi connectivity index (χ3v) is 5.39. The van der Waals surface area contributed by atoms with Crippen molar-refractivity contribution < 1.29 is 9.15 Å². The molecular weight excluding hydrogens is 364 g/mol. The van der Waals surface area contributed by atoms with Gasteiger partial charge in [0.15, 0.2) is 6.23 Å². The highest BCUT2D eigenvalue weighted by Crippen LogP contribution is 2.37. The summed E-state index contributed by atoms with van der Waals surface area (Å²) in [5.74, 6) is 0.860. The van der Waals surface area contributed by atoms with Crippen LogP contribution in [0.5, 0.6) is 5.75 Å². The van der Waals surface area contributed by atoms with E-state index in [2.05, 4.69) is 36.6 Å². The zero-order chi connectivity index (χ0) is 20.4. The molecule has 4 rings (SSSR count). The fraction of sp³-hybridized carbons (Fsp3) is 0.292. The predicted octanol–water partition coefficient (Wildman–Crippen LogP) is 4.90. The third-order valence-electron chi connectivity index (χ3n) is 5.39. The standard InChI is InChI=1S/C24H26N2O3/c1-4-25(5-2)19-13-11-17-15-18(24(27)29-22(17)16-19)12-14-23-26(6-3)20-9-7-8-10-21(20)28-23/h7-16,23H,4-6H2,1-3H3. The summed E-state index contributed by atoms with van der Waals surface area (Å²) < 4.78 is 11.6. The molecule has 0 saturated heterocycles. The molecule has 0 radical (unpaired) electrons. The van der Waals surface area contributed by atoms with Gasteiger partial charge in [-0.05, 0) is 63.3 Å². The number of nitrogens with zero attached hydrogens (tertiary/aromatic N) is 2. The molecule has 0 N–H and O–H groups in total. The van der Waals surface area contributed by atoms with Gasteiger partial charge < -0.3 is 19.0 Å². The first-order valence-electron chi connectivity index (χ1n) is 10.2. The predicted molar refractivity (Wildman–Crippen MR) is 119 cm³/mol. The SMILES string of the molecule is CCN(CC)c1ccc2cc(C=CC3Oc4ccccc4N3CC)c(=O)oc2c1. The topological polar surface area (TPSA) is 45.9 Å². The number of rotatable bonds is 6. The first kappa shape index (κ1) is 19.1. The fourth-order valence-corrected chi connectivity index (χ4v) is 3.82. The summed E-state index contributed by atoms with van der Waals surface area (Å²) in [5.41, 5.74) is 2.91. The van der Waals surface area contributed by atoms with Crippen molar-refractivity contribution in [3.05, 3.63) is 70.6 Å². The van der Waals surface area contributed by atoms with Crippen LogP contribution in [0.4, 0.5) is 11.4 Å². The Morgan fingerprint density at radius 2 is 1.86 bits per heavy atom. The molecule has 1 atom stereocenters. The van der Waals surface area contributed by atoms with E-state index in [1.54, 1.807) is 6.08 Å². The fourth-order valence-electron chi connectivity index (χ4n) is 3.82. The lowest BCUT2D eigenvalue weighted by Gasteiger charge is -2.21. The summed E-state index contributed by atoms with van der Waals surface area (Å²) in [7, 11) is 0. The zero-order valence-corrected chi connectivity index (χ0v) is 17.1. The minimum atomic E-state index is -0.344. The average Bonchev–Trinajstić information content (AvgIpc) is 3.10. The van der Waals surface area contributed by atoms with Crippen molar-refractivity contribution in [1.82, 2.24) is 0 Å². The van der Waals surface area contributed by atoms with E-state index in [9.17, 15) is 4.79 Å². The molecule has 1 aliphatic heterocycles. The molecule has 2 heterocycles. The summed E-state index contributed by atoms with van der Waals surface area (Å²) in [4.78, 5) is 16.9. The first-order chi connectivity index (χ1) is 14.1. The number of ether oxygens (including phenoxy) is 1. The monoisotopic (exact) mass is 390 g/mol. The normalized spacial score (nSPS) is 15.7. The van der Waals surface area contributed by atoms with E-state index in [0.717, 1.165) is 42.1 Å². The molecule has 1 aromatic heterocycles. The van der Waals surface area contributed by atoms with Crippen molar-refractivity contribution in [2.24, 2.45) is 0 Å². The molecule has 0 aliphatic carbocycles. The van der Waals surface area contributed by atoms with Crippen molar-refractivity contribution in [3.8, 4) is 5.75 Å². The Kier molecular flexibility index (Phi) is 5.30. The second kappa shape index (κ2) is 8.03. The smallest absolute Gasteiger partial charge is 0.343 e. The molecule has 150 valence electrons. The lowest BCUT2D eigenvalue weighted by atomic mass is 10.1. The molecule has 5 heteroatoms. The number of anilines is 2. The number of benzene rings is 2. The Hall–Kier alpha value is -3.21. The van der Waals surface area contributed by atoms with Gasteiger partial charge in [0, 0.05) is 36.8 Å². The molecule has 1 aliphatic rings. The Morgan fingerprint density at radius 3 is 2.62 bits per heavy atom. The highest BCUT2D eigenvalue weighted by Gasteiger charge is 2.27. The van der Waals surface area contributed by atoms with Gasteiger partial charge in [0.25, 0.3) is 0 Å². The van der Waals surface area contributed by atoms with Crippen LogP contribution in [0.3, 0.4) is 0 Å². The van der Waals surface area contributed by atoms with Crippen molar-refractivity contribution in [2.75, 3.05) is 29.4 Å². The van der Waals surface area contributed by atoms with Crippen molar-refractivity contribution in [3.63, 3.8) is 0 Å². The second-order valence-electron chi connectivity index (χ2n) is 7.00. The van der Waals surface area contributed by atoms with Crippen LogP contribution in [0.2, 0.25) is 0 Å². The molecular formula is C24H26N2O3. The number of fused-ring (bicyclic) bond motifs is 2. The van der Waals surface area contributed by atoms with Gasteiger partial charge >= 0.3 is 5.63 Å². The molecule has 2 aromatic carbocycles. The van der Waals surface area contributed by atoms with Crippen LogP contribution < -0.4 is 20.2 Å². The maximum Gasteiger partial charge on any atom is 0.343 e. The molecule has 1 unspecified atom stereocenters. The molecule has 0 amide bonds. The van der Waals surface area contributed by atoms with Crippen LogP contribution in [0.1, 0.15) is 26.3 Å². The molecule has 5 nitrogen and oxygen atoms in total.